The predicted molar refractivity (Wildman–Crippen MR) is 363 cm³/mol. The fraction of sp³-hybridized carbons (Fsp3) is 0.652. The number of likely N-dealkylation sites (N-methyl/N-ethyl adjacent to an activating group) is 7. The number of amides is 12. The molecule has 99 heavy (non-hydrogen) atoms. The van der Waals surface area contributed by atoms with Gasteiger partial charge in [0.15, 0.2) is 0 Å². The molecule has 0 aromatic heterocycles. The highest BCUT2D eigenvalue weighted by Gasteiger charge is 2.42. The van der Waals surface area contributed by atoms with Crippen molar-refractivity contribution in [2.75, 3.05) is 95.3 Å². The third-order valence-electron chi connectivity index (χ3n) is 18.0. The van der Waals surface area contributed by atoms with E-state index in [0.717, 1.165) is 46.4 Å². The van der Waals surface area contributed by atoms with Gasteiger partial charge in [0.25, 0.3) is 0 Å². The maximum Gasteiger partial charge on any atom is 0.416 e. The molecule has 2 fully saturated rings. The van der Waals surface area contributed by atoms with Gasteiger partial charge >= 0.3 is 6.18 Å². The number of rotatable bonds is 16. The van der Waals surface area contributed by atoms with Crippen molar-refractivity contribution in [2.24, 2.45) is 17.8 Å². The molecule has 2 saturated heterocycles. The van der Waals surface area contributed by atoms with Gasteiger partial charge in [0, 0.05) is 73.9 Å². The summed E-state index contributed by atoms with van der Waals surface area (Å²) in [5, 5.41) is 22.0. The summed E-state index contributed by atoms with van der Waals surface area (Å²) in [5.41, 5.74) is -1.52. The van der Waals surface area contributed by atoms with Gasteiger partial charge in [-0.1, -0.05) is 83.8 Å². The first-order valence-corrected chi connectivity index (χ1v) is 33.9. The van der Waals surface area contributed by atoms with Gasteiger partial charge in [-0.05, 0) is 112 Å². The summed E-state index contributed by atoms with van der Waals surface area (Å²) in [5.74, 6) is -10.7. The number of nitrogens with zero attached hydrogens (tertiary/aromatic N) is 8. The first-order chi connectivity index (χ1) is 46.1. The summed E-state index contributed by atoms with van der Waals surface area (Å²) < 4.78 is 46.9. The molecule has 5 N–H and O–H groups in total. The van der Waals surface area contributed by atoms with Crippen LogP contribution in [0.2, 0.25) is 5.02 Å². The summed E-state index contributed by atoms with van der Waals surface area (Å²) in [6.45, 7) is 12.6. The topological polar surface area (TPSA) is 308 Å². The van der Waals surface area contributed by atoms with Crippen molar-refractivity contribution in [3.05, 3.63) is 70.2 Å². The molecule has 2 aliphatic rings. The SMILES string of the molecule is CC[C@H](C)[C@@H]1NC(=O)[C@H](C)N(C)C(=O)CC(C(=O)N2CCCC2)NC(=O)[C@H](CC(C)C)N(C)C(=O)[C@H](COCC(C)(C)O)N(C)C(=O)[C@H](CC(C)C)NC(=O)[C@H](CCc2ccc(C(F)(F)F)cc2)NC(=O)CN(C)C(=O)[C@H](Cc2ccc(Cl)cc2)N(C)C(=O)CN(C)C(=O)CN(C)C1=O. The number of aliphatic hydroxyl groups is 1. The zero-order valence-electron chi connectivity index (χ0n) is 60.1. The van der Waals surface area contributed by atoms with E-state index in [4.69, 9.17) is 16.3 Å². The van der Waals surface area contributed by atoms with Crippen molar-refractivity contribution in [2.45, 2.75) is 180 Å². The summed E-state index contributed by atoms with van der Waals surface area (Å²) in [6.07, 6.45) is -4.28. The van der Waals surface area contributed by atoms with Crippen LogP contribution in [0.1, 0.15) is 124 Å². The number of benzene rings is 2. The fourth-order valence-corrected chi connectivity index (χ4v) is 11.5. The maximum absolute atomic E-state index is 15.3. The molecule has 26 nitrogen and oxygen atoms in total. The molecule has 2 aliphatic heterocycles. The standard InChI is InChI=1S/C69H104ClF3N12O14/c1-17-43(6)59-67(97)80(12)37-57(88)78(10)38-58(89)82(14)53(34-46-22-27-48(70)28-23-46)65(95)79(11)36-55(86)74-49(29-24-45-20-25-47(26-21-45)69(71,72)73)61(91)75-50(32-41(2)3)63(93)84(16)54(39-99-40-68(8,9)98)66(96)83(15)52(33-42(4)5)62(92)76-51(64(94)85-30-18-19-31-85)35-56(87)81(13)44(7)60(90)77-59/h20-23,25-28,41-44,49-54,59,98H,17-19,24,29-40H2,1-16H3,(H,74,86)(H,75,91)(H,76,92)(H,77,90)/t43-,44-,49-,50-,51?,52-,53-,54-,59-/m0/s1. The lowest BCUT2D eigenvalue weighted by molar-refractivity contribution is -0.153. The van der Waals surface area contributed by atoms with Gasteiger partial charge in [0.1, 0.15) is 48.3 Å². The molecular formula is C69H104ClF3N12O14. The van der Waals surface area contributed by atoms with E-state index in [0.29, 0.717) is 48.5 Å². The van der Waals surface area contributed by atoms with Gasteiger partial charge in [0.05, 0.1) is 50.4 Å². The van der Waals surface area contributed by atoms with Gasteiger partial charge in [-0.2, -0.15) is 13.2 Å². The number of carbonyl (C=O) groups is 12. The lowest BCUT2D eigenvalue weighted by Crippen LogP contribution is -2.61. The molecule has 2 aromatic carbocycles. The molecule has 2 heterocycles. The number of alkyl halides is 3. The first kappa shape index (κ1) is 83.5. The Bertz CT molecular complexity index is 3150. The Morgan fingerprint density at radius 2 is 1.16 bits per heavy atom. The van der Waals surface area contributed by atoms with Crippen LogP contribution in [0.4, 0.5) is 13.2 Å². The molecule has 4 rings (SSSR count). The van der Waals surface area contributed by atoms with Crippen molar-refractivity contribution in [3.8, 4) is 0 Å². The second-order valence-corrected chi connectivity index (χ2v) is 28.2. The van der Waals surface area contributed by atoms with Crippen molar-refractivity contribution in [1.82, 2.24) is 60.5 Å². The van der Waals surface area contributed by atoms with E-state index in [-0.39, 0.29) is 50.5 Å². The highest BCUT2D eigenvalue weighted by Crippen LogP contribution is 2.30. The fourth-order valence-electron chi connectivity index (χ4n) is 11.4. The van der Waals surface area contributed by atoms with Crippen molar-refractivity contribution in [1.29, 1.82) is 0 Å². The smallest absolute Gasteiger partial charge is 0.388 e. The Labute approximate surface area is 584 Å². The molecule has 0 radical (unpaired) electrons. The number of likely N-dealkylation sites (tertiary alicyclic amines) is 1. The minimum absolute atomic E-state index is 0.0228. The van der Waals surface area contributed by atoms with Gasteiger partial charge in [-0.3, -0.25) is 57.5 Å². The molecule has 2 aromatic rings. The maximum atomic E-state index is 15.3. The largest absolute Gasteiger partial charge is 0.416 e. The molecule has 552 valence electrons. The van der Waals surface area contributed by atoms with E-state index in [1.807, 2.05) is 0 Å². The Morgan fingerprint density at radius 3 is 1.72 bits per heavy atom. The number of nitrogens with one attached hydrogen (secondary N) is 4. The van der Waals surface area contributed by atoms with Crippen molar-refractivity contribution < 1.29 is 80.5 Å². The third-order valence-corrected chi connectivity index (χ3v) is 18.2. The Morgan fingerprint density at radius 1 is 0.606 bits per heavy atom. The van der Waals surface area contributed by atoms with Crippen LogP contribution in [0.25, 0.3) is 0 Å². The zero-order chi connectivity index (χ0) is 74.7. The highest BCUT2D eigenvalue weighted by atomic mass is 35.5. The monoisotopic (exact) mass is 1420 g/mol. The Hall–Kier alpha value is -7.92. The number of halogens is 4. The third kappa shape index (κ3) is 25.0. The molecule has 12 amide bonds. The number of ether oxygens (including phenoxy) is 1. The number of aryl methyl sites for hydroxylation is 1. The summed E-state index contributed by atoms with van der Waals surface area (Å²) >= 11 is 6.21. The minimum atomic E-state index is -4.67. The zero-order valence-corrected chi connectivity index (χ0v) is 60.9. The predicted octanol–water partition coefficient (Wildman–Crippen LogP) is 3.13. The number of hydrogen-bond donors (Lipinski definition) is 5. The lowest BCUT2D eigenvalue weighted by atomic mass is 9.97. The Kier molecular flexibility index (Phi) is 31.6. The van der Waals surface area contributed by atoms with E-state index in [1.54, 1.807) is 65.8 Å². The van der Waals surface area contributed by atoms with Crippen LogP contribution >= 0.6 is 11.6 Å². The summed E-state index contributed by atoms with van der Waals surface area (Å²) in [4.78, 5) is 184. The molecule has 0 aliphatic carbocycles. The molecule has 1 unspecified atom stereocenters. The lowest BCUT2D eigenvalue weighted by Gasteiger charge is -2.37. The van der Waals surface area contributed by atoms with Crippen LogP contribution in [0, 0.1) is 17.8 Å². The summed E-state index contributed by atoms with van der Waals surface area (Å²) in [6, 6.07) is -0.883. The van der Waals surface area contributed by atoms with Crippen LogP contribution in [-0.4, -0.2) is 264 Å². The highest BCUT2D eigenvalue weighted by molar-refractivity contribution is 6.30. The molecule has 9 atom stereocenters. The molecule has 0 saturated carbocycles. The van der Waals surface area contributed by atoms with Gasteiger partial charge in [-0.25, -0.2) is 0 Å². The normalized spacial score (nSPS) is 23.8. The number of carbonyl (C=O) groups excluding carboxylic acids is 12. The van der Waals surface area contributed by atoms with Crippen LogP contribution in [0.15, 0.2) is 48.5 Å². The van der Waals surface area contributed by atoms with E-state index in [9.17, 15) is 66.2 Å². The minimum Gasteiger partial charge on any atom is -0.388 e. The molecule has 30 heteroatoms. The number of hydrogen-bond acceptors (Lipinski definition) is 14. The molecule has 0 bridgehead atoms. The van der Waals surface area contributed by atoms with Crippen LogP contribution < -0.4 is 21.3 Å². The average Bonchev–Trinajstić information content (AvgIpc) is 0.996. The van der Waals surface area contributed by atoms with E-state index >= 15 is 9.59 Å². The van der Waals surface area contributed by atoms with E-state index < -0.39 is 175 Å². The van der Waals surface area contributed by atoms with E-state index in [1.165, 1.54) is 87.1 Å². The first-order valence-electron chi connectivity index (χ1n) is 33.6. The summed E-state index contributed by atoms with van der Waals surface area (Å²) in [7, 11) is 9.14. The average molecular weight is 1420 g/mol. The molecule has 0 spiro atoms. The second kappa shape index (κ2) is 37.5. The van der Waals surface area contributed by atoms with Crippen LogP contribution in [-0.2, 0) is 81.3 Å². The van der Waals surface area contributed by atoms with Crippen LogP contribution in [0.3, 0.4) is 0 Å². The Balaban J connectivity index is 1.91. The van der Waals surface area contributed by atoms with Crippen LogP contribution in [0.5, 0.6) is 0 Å². The van der Waals surface area contributed by atoms with Gasteiger partial charge in [-0.15, -0.1) is 0 Å². The quantitative estimate of drug-likeness (QED) is 0.161. The van der Waals surface area contributed by atoms with Gasteiger partial charge in [0.2, 0.25) is 70.9 Å². The van der Waals surface area contributed by atoms with E-state index in [2.05, 4.69) is 21.3 Å². The van der Waals surface area contributed by atoms with Gasteiger partial charge < -0.3 is 70.3 Å². The molecular weight excluding hydrogens is 1310 g/mol. The second-order valence-electron chi connectivity index (χ2n) is 27.8. The van der Waals surface area contributed by atoms with Crippen molar-refractivity contribution in [3.63, 3.8) is 0 Å². The van der Waals surface area contributed by atoms with Crippen molar-refractivity contribution >= 4 is 82.5 Å².